The molecule has 0 aromatic carbocycles. The molecule has 0 atom stereocenters. The quantitative estimate of drug-likeness (QED) is 0.558. The Hall–Kier alpha value is -0.0900. The van der Waals surface area contributed by atoms with Gasteiger partial charge in [0.05, 0.1) is 13.0 Å². The van der Waals surface area contributed by atoms with Crippen LogP contribution in [-0.4, -0.2) is 42.9 Å². The van der Waals surface area contributed by atoms with Crippen molar-refractivity contribution < 1.29 is 9.53 Å². The SMILES string of the molecule is COC(=O)C1CCN(CCBr)CC1. The fourth-order valence-electron chi connectivity index (χ4n) is 1.68. The lowest BCUT2D eigenvalue weighted by Gasteiger charge is -2.29. The zero-order valence-corrected chi connectivity index (χ0v) is 9.55. The van der Waals surface area contributed by atoms with Gasteiger partial charge in [0.1, 0.15) is 0 Å². The number of nitrogens with zero attached hydrogens (tertiary/aromatic N) is 1. The Bertz CT molecular complexity index is 167. The monoisotopic (exact) mass is 249 g/mol. The topological polar surface area (TPSA) is 29.5 Å². The van der Waals surface area contributed by atoms with Crippen molar-refractivity contribution >= 4 is 21.9 Å². The van der Waals surface area contributed by atoms with Crippen LogP contribution < -0.4 is 0 Å². The molecule has 1 aliphatic heterocycles. The van der Waals surface area contributed by atoms with E-state index in [2.05, 4.69) is 20.8 Å². The second-order valence-electron chi connectivity index (χ2n) is 3.33. The molecule has 0 spiro atoms. The van der Waals surface area contributed by atoms with Crippen molar-refractivity contribution in [3.63, 3.8) is 0 Å². The van der Waals surface area contributed by atoms with Crippen LogP contribution in [0.15, 0.2) is 0 Å². The minimum atomic E-state index is -0.0431. The molecule has 76 valence electrons. The zero-order valence-electron chi connectivity index (χ0n) is 7.96. The number of carbonyl (C=O) groups excluding carboxylic acids is 1. The Morgan fingerprint density at radius 3 is 2.62 bits per heavy atom. The predicted octanol–water partition coefficient (Wildman–Crippen LogP) is 1.27. The Labute approximate surface area is 87.6 Å². The highest BCUT2D eigenvalue weighted by atomic mass is 79.9. The van der Waals surface area contributed by atoms with Gasteiger partial charge in [-0.25, -0.2) is 0 Å². The maximum Gasteiger partial charge on any atom is 0.308 e. The molecule has 0 saturated carbocycles. The summed E-state index contributed by atoms with van der Waals surface area (Å²) in [6.07, 6.45) is 1.89. The molecule has 1 heterocycles. The van der Waals surface area contributed by atoms with Crippen molar-refractivity contribution in [2.45, 2.75) is 12.8 Å². The van der Waals surface area contributed by atoms with E-state index in [-0.39, 0.29) is 11.9 Å². The summed E-state index contributed by atoms with van der Waals surface area (Å²) in [5, 5.41) is 1.01. The van der Waals surface area contributed by atoms with Crippen LogP contribution >= 0.6 is 15.9 Å². The van der Waals surface area contributed by atoms with Crippen LogP contribution in [0.2, 0.25) is 0 Å². The molecule has 1 saturated heterocycles. The number of halogens is 1. The van der Waals surface area contributed by atoms with Crippen LogP contribution in [0.25, 0.3) is 0 Å². The van der Waals surface area contributed by atoms with E-state index in [1.165, 1.54) is 7.11 Å². The Balaban J connectivity index is 2.26. The molecule has 4 heteroatoms. The van der Waals surface area contributed by atoms with E-state index in [4.69, 9.17) is 4.74 Å². The molecule has 1 rings (SSSR count). The lowest BCUT2D eigenvalue weighted by atomic mass is 9.97. The molecule has 1 fully saturated rings. The van der Waals surface area contributed by atoms with Gasteiger partial charge < -0.3 is 9.64 Å². The van der Waals surface area contributed by atoms with Gasteiger partial charge in [-0.15, -0.1) is 0 Å². The van der Waals surface area contributed by atoms with Crippen LogP contribution in [-0.2, 0) is 9.53 Å². The summed E-state index contributed by atoms with van der Waals surface area (Å²) in [4.78, 5) is 13.6. The average Bonchev–Trinajstić information content (AvgIpc) is 2.18. The second kappa shape index (κ2) is 5.60. The van der Waals surface area contributed by atoms with E-state index in [9.17, 15) is 4.79 Å². The summed E-state index contributed by atoms with van der Waals surface area (Å²) in [7, 11) is 1.47. The highest BCUT2D eigenvalue weighted by Gasteiger charge is 2.24. The van der Waals surface area contributed by atoms with E-state index in [0.29, 0.717) is 0 Å². The fourth-order valence-corrected chi connectivity index (χ4v) is 2.18. The Morgan fingerprint density at radius 1 is 1.54 bits per heavy atom. The van der Waals surface area contributed by atoms with Crippen LogP contribution in [0.1, 0.15) is 12.8 Å². The minimum Gasteiger partial charge on any atom is -0.469 e. The van der Waals surface area contributed by atoms with E-state index in [0.717, 1.165) is 37.8 Å². The van der Waals surface area contributed by atoms with Gasteiger partial charge >= 0.3 is 5.97 Å². The van der Waals surface area contributed by atoms with Crippen molar-refractivity contribution in [3.05, 3.63) is 0 Å². The normalized spacial score (nSPS) is 20.2. The summed E-state index contributed by atoms with van der Waals surface area (Å²) in [6, 6.07) is 0. The van der Waals surface area contributed by atoms with Gasteiger partial charge in [0.15, 0.2) is 0 Å². The van der Waals surface area contributed by atoms with Crippen molar-refractivity contribution in [1.29, 1.82) is 0 Å². The highest BCUT2D eigenvalue weighted by Crippen LogP contribution is 2.18. The smallest absolute Gasteiger partial charge is 0.308 e. The number of esters is 1. The number of alkyl halides is 1. The summed E-state index contributed by atoms with van der Waals surface area (Å²) in [5.74, 6) is 0.0927. The number of ether oxygens (including phenoxy) is 1. The molecule has 0 radical (unpaired) electrons. The summed E-state index contributed by atoms with van der Waals surface area (Å²) < 4.78 is 4.72. The molecule has 3 nitrogen and oxygen atoms in total. The number of methoxy groups -OCH3 is 1. The number of rotatable bonds is 3. The van der Waals surface area contributed by atoms with E-state index >= 15 is 0 Å². The summed E-state index contributed by atoms with van der Waals surface area (Å²) in [5.41, 5.74) is 0. The van der Waals surface area contributed by atoms with Gasteiger partial charge in [-0.1, -0.05) is 15.9 Å². The van der Waals surface area contributed by atoms with Crippen LogP contribution in [0.4, 0.5) is 0 Å². The molecule has 13 heavy (non-hydrogen) atoms. The number of piperidine rings is 1. The maximum atomic E-state index is 11.2. The third kappa shape index (κ3) is 3.27. The molecule has 0 unspecified atom stereocenters. The molecule has 1 aliphatic rings. The number of likely N-dealkylation sites (tertiary alicyclic amines) is 1. The summed E-state index contributed by atoms with van der Waals surface area (Å²) >= 11 is 3.41. The van der Waals surface area contributed by atoms with Crippen molar-refractivity contribution in [2.75, 3.05) is 32.1 Å². The van der Waals surface area contributed by atoms with Gasteiger partial charge in [-0.05, 0) is 25.9 Å². The van der Waals surface area contributed by atoms with Crippen molar-refractivity contribution in [2.24, 2.45) is 5.92 Å². The number of carbonyl (C=O) groups is 1. The van der Waals surface area contributed by atoms with Crippen LogP contribution in [0.5, 0.6) is 0 Å². The zero-order chi connectivity index (χ0) is 9.68. The number of hydrogen-bond donors (Lipinski definition) is 0. The molecule has 0 aromatic heterocycles. The van der Waals surface area contributed by atoms with Crippen LogP contribution in [0.3, 0.4) is 0 Å². The van der Waals surface area contributed by atoms with Gasteiger partial charge in [-0.3, -0.25) is 4.79 Å². The third-order valence-electron chi connectivity index (χ3n) is 2.52. The van der Waals surface area contributed by atoms with Crippen molar-refractivity contribution in [1.82, 2.24) is 4.90 Å². The Morgan fingerprint density at radius 2 is 2.15 bits per heavy atom. The van der Waals surface area contributed by atoms with E-state index in [1.807, 2.05) is 0 Å². The fraction of sp³-hybridized carbons (Fsp3) is 0.889. The predicted molar refractivity (Wildman–Crippen MR) is 55.0 cm³/mol. The second-order valence-corrected chi connectivity index (χ2v) is 4.12. The lowest BCUT2D eigenvalue weighted by molar-refractivity contribution is -0.147. The molecule has 0 bridgehead atoms. The van der Waals surface area contributed by atoms with Gasteiger partial charge in [0.2, 0.25) is 0 Å². The largest absolute Gasteiger partial charge is 0.469 e. The lowest BCUT2D eigenvalue weighted by Crippen LogP contribution is -2.37. The van der Waals surface area contributed by atoms with Gasteiger partial charge in [0, 0.05) is 11.9 Å². The third-order valence-corrected chi connectivity index (χ3v) is 2.88. The summed E-state index contributed by atoms with van der Waals surface area (Å²) in [6.45, 7) is 3.12. The van der Waals surface area contributed by atoms with Gasteiger partial charge in [0.25, 0.3) is 0 Å². The standard InChI is InChI=1S/C9H16BrNO2/c1-13-9(12)8-2-5-11(6-3-8)7-4-10/h8H,2-7H2,1H3. The van der Waals surface area contributed by atoms with Gasteiger partial charge in [-0.2, -0.15) is 0 Å². The minimum absolute atomic E-state index is 0.0431. The first-order chi connectivity index (χ1) is 6.27. The van der Waals surface area contributed by atoms with Crippen molar-refractivity contribution in [3.8, 4) is 0 Å². The average molecular weight is 250 g/mol. The maximum absolute atomic E-state index is 11.2. The highest BCUT2D eigenvalue weighted by molar-refractivity contribution is 9.09. The van der Waals surface area contributed by atoms with E-state index < -0.39 is 0 Å². The first-order valence-corrected chi connectivity index (χ1v) is 5.76. The molecular formula is C9H16BrNO2. The molecule has 0 aliphatic carbocycles. The molecule has 0 amide bonds. The molecular weight excluding hydrogens is 234 g/mol. The first kappa shape index (κ1) is 11.0. The first-order valence-electron chi connectivity index (χ1n) is 4.64. The number of hydrogen-bond acceptors (Lipinski definition) is 3. The van der Waals surface area contributed by atoms with E-state index in [1.54, 1.807) is 0 Å². The molecule has 0 aromatic rings. The molecule has 0 N–H and O–H groups in total. The van der Waals surface area contributed by atoms with Crippen LogP contribution in [0, 0.1) is 5.92 Å². The Kier molecular flexibility index (Phi) is 4.73.